The monoisotopic (exact) mass is 454 g/mol. The van der Waals surface area contributed by atoms with Crippen LogP contribution in [0.5, 0.6) is 0 Å². The summed E-state index contributed by atoms with van der Waals surface area (Å²) in [5.41, 5.74) is -0.716. The molecule has 24 heavy (non-hydrogen) atoms. The van der Waals surface area contributed by atoms with Gasteiger partial charge in [0.05, 0.1) is 12.1 Å². The predicted molar refractivity (Wildman–Crippen MR) is 110 cm³/mol. The van der Waals surface area contributed by atoms with E-state index in [2.05, 4.69) is 34.8 Å². The van der Waals surface area contributed by atoms with E-state index < -0.39 is 5.60 Å². The van der Waals surface area contributed by atoms with Gasteiger partial charge in [0.25, 0.3) is 0 Å². The van der Waals surface area contributed by atoms with Gasteiger partial charge in [0.1, 0.15) is 0 Å². The number of aliphatic hydroxyl groups is 1. The van der Waals surface area contributed by atoms with Crippen LogP contribution in [0.15, 0.2) is 4.99 Å². The summed E-state index contributed by atoms with van der Waals surface area (Å²) in [6, 6.07) is 0. The maximum absolute atomic E-state index is 11.6. The number of amides is 1. The predicted octanol–water partition coefficient (Wildman–Crippen LogP) is 2.02. The number of hydrogen-bond donors (Lipinski definition) is 4. The number of rotatable bonds is 11. The van der Waals surface area contributed by atoms with Crippen molar-refractivity contribution in [2.45, 2.75) is 64.9 Å². The highest BCUT2D eigenvalue weighted by Gasteiger charge is 2.29. The summed E-state index contributed by atoms with van der Waals surface area (Å²) in [7, 11) is 0. The number of guanidine groups is 1. The van der Waals surface area contributed by atoms with Crippen molar-refractivity contribution in [3.63, 3.8) is 0 Å². The van der Waals surface area contributed by atoms with Gasteiger partial charge in [0.2, 0.25) is 5.91 Å². The molecule has 1 rings (SSSR count). The maximum atomic E-state index is 11.6. The lowest BCUT2D eigenvalue weighted by molar-refractivity contribution is -0.122. The Labute approximate surface area is 163 Å². The molecule has 0 heterocycles. The van der Waals surface area contributed by atoms with Gasteiger partial charge in [0, 0.05) is 25.6 Å². The van der Waals surface area contributed by atoms with E-state index in [4.69, 9.17) is 0 Å². The molecule has 0 atom stereocenters. The molecule has 1 aliphatic rings. The SMILES string of the molecule is CCCC(O)(CCC)CN=C(NCC)NCCNC(=O)C1CC1.I. The standard InChI is InChI=1S/C17H34N4O2.HI/c1-4-9-17(23,10-5-2)13-21-16(18-6-3)20-12-11-19-15(22)14-7-8-14;/h14,23H,4-13H2,1-3H3,(H,19,22)(H2,18,20,21);1H. The fraction of sp³-hybridized carbons (Fsp3) is 0.882. The molecule has 0 bridgehead atoms. The Morgan fingerprint density at radius 2 is 1.67 bits per heavy atom. The summed E-state index contributed by atoms with van der Waals surface area (Å²) < 4.78 is 0. The topological polar surface area (TPSA) is 85.8 Å². The van der Waals surface area contributed by atoms with Crippen molar-refractivity contribution in [1.82, 2.24) is 16.0 Å². The van der Waals surface area contributed by atoms with E-state index in [0.29, 0.717) is 25.6 Å². The van der Waals surface area contributed by atoms with Crippen molar-refractivity contribution in [3.05, 3.63) is 0 Å². The van der Waals surface area contributed by atoms with Gasteiger partial charge in [-0.25, -0.2) is 0 Å². The summed E-state index contributed by atoms with van der Waals surface area (Å²) in [5, 5.41) is 19.9. The molecule has 7 heteroatoms. The van der Waals surface area contributed by atoms with Crippen LogP contribution in [0.25, 0.3) is 0 Å². The zero-order chi connectivity index (χ0) is 17.1. The molecular weight excluding hydrogens is 419 g/mol. The third-order valence-corrected chi connectivity index (χ3v) is 3.97. The molecule has 0 aliphatic heterocycles. The Morgan fingerprint density at radius 1 is 1.08 bits per heavy atom. The number of aliphatic imine (C=N–C) groups is 1. The largest absolute Gasteiger partial charge is 0.388 e. The van der Waals surface area contributed by atoms with Gasteiger partial charge < -0.3 is 21.1 Å². The first-order valence-corrected chi connectivity index (χ1v) is 9.07. The third kappa shape index (κ3) is 9.66. The average molecular weight is 454 g/mol. The molecule has 1 fully saturated rings. The minimum absolute atomic E-state index is 0. The van der Waals surface area contributed by atoms with Crippen molar-refractivity contribution in [2.75, 3.05) is 26.2 Å². The van der Waals surface area contributed by atoms with Crippen molar-refractivity contribution in [3.8, 4) is 0 Å². The second kappa shape index (κ2) is 12.7. The first-order chi connectivity index (χ1) is 11.0. The number of hydrogen-bond acceptors (Lipinski definition) is 3. The fourth-order valence-corrected chi connectivity index (χ4v) is 2.64. The number of nitrogens with zero attached hydrogens (tertiary/aromatic N) is 1. The average Bonchev–Trinajstić information content (AvgIpc) is 3.34. The lowest BCUT2D eigenvalue weighted by atomic mass is 9.93. The molecule has 1 saturated carbocycles. The van der Waals surface area contributed by atoms with Gasteiger partial charge in [0.15, 0.2) is 5.96 Å². The summed E-state index contributed by atoms with van der Waals surface area (Å²) in [6.07, 6.45) is 5.47. The van der Waals surface area contributed by atoms with Gasteiger partial charge in [-0.05, 0) is 32.6 Å². The molecular formula is C17H35IN4O2. The highest BCUT2D eigenvalue weighted by atomic mass is 127. The third-order valence-electron chi connectivity index (χ3n) is 3.97. The normalized spacial score (nSPS) is 14.8. The van der Waals surface area contributed by atoms with Crippen LogP contribution in [0, 0.1) is 5.92 Å². The lowest BCUT2D eigenvalue weighted by Crippen LogP contribution is -2.43. The molecule has 1 amide bonds. The summed E-state index contributed by atoms with van der Waals surface area (Å²) in [4.78, 5) is 16.1. The van der Waals surface area contributed by atoms with E-state index in [1.54, 1.807) is 0 Å². The molecule has 142 valence electrons. The molecule has 0 aromatic heterocycles. The number of nitrogens with one attached hydrogen (secondary N) is 3. The number of carbonyl (C=O) groups is 1. The summed E-state index contributed by atoms with van der Waals surface area (Å²) in [6.45, 7) is 8.56. The van der Waals surface area contributed by atoms with E-state index >= 15 is 0 Å². The van der Waals surface area contributed by atoms with Gasteiger partial charge in [-0.2, -0.15) is 0 Å². The zero-order valence-corrected chi connectivity index (χ0v) is 17.7. The first-order valence-electron chi connectivity index (χ1n) is 9.07. The van der Waals surface area contributed by atoms with Crippen molar-refractivity contribution in [1.29, 1.82) is 0 Å². The Hall–Kier alpha value is -0.570. The van der Waals surface area contributed by atoms with E-state index in [1.165, 1.54) is 0 Å². The smallest absolute Gasteiger partial charge is 0.223 e. The second-order valence-corrected chi connectivity index (χ2v) is 6.41. The number of halogens is 1. The van der Waals surface area contributed by atoms with Crippen molar-refractivity contribution in [2.24, 2.45) is 10.9 Å². The summed E-state index contributed by atoms with van der Waals surface area (Å²) in [5.74, 6) is 1.10. The van der Waals surface area contributed by atoms with Crippen LogP contribution in [0.1, 0.15) is 59.3 Å². The van der Waals surface area contributed by atoms with E-state index in [1.807, 2.05) is 6.92 Å². The van der Waals surface area contributed by atoms with Crippen LogP contribution in [0.2, 0.25) is 0 Å². The fourth-order valence-electron chi connectivity index (χ4n) is 2.64. The molecule has 0 aromatic rings. The van der Waals surface area contributed by atoms with Crippen molar-refractivity contribution < 1.29 is 9.90 Å². The highest BCUT2D eigenvalue weighted by molar-refractivity contribution is 14.0. The molecule has 0 spiro atoms. The van der Waals surface area contributed by atoms with Crippen LogP contribution >= 0.6 is 24.0 Å². The van der Waals surface area contributed by atoms with Gasteiger partial charge in [-0.3, -0.25) is 9.79 Å². The Bertz CT molecular complexity index is 381. The Kier molecular flexibility index (Phi) is 12.4. The minimum Gasteiger partial charge on any atom is -0.388 e. The van der Waals surface area contributed by atoms with Crippen LogP contribution in [0.4, 0.5) is 0 Å². The molecule has 0 unspecified atom stereocenters. The van der Waals surface area contributed by atoms with Crippen LogP contribution < -0.4 is 16.0 Å². The second-order valence-electron chi connectivity index (χ2n) is 6.41. The maximum Gasteiger partial charge on any atom is 0.223 e. The Balaban J connectivity index is 0.00000529. The lowest BCUT2D eigenvalue weighted by Gasteiger charge is -2.26. The van der Waals surface area contributed by atoms with Gasteiger partial charge >= 0.3 is 0 Å². The van der Waals surface area contributed by atoms with Gasteiger partial charge in [-0.15, -0.1) is 24.0 Å². The highest BCUT2D eigenvalue weighted by Crippen LogP contribution is 2.28. The number of carbonyl (C=O) groups excluding carboxylic acids is 1. The van der Waals surface area contributed by atoms with E-state index in [0.717, 1.165) is 45.1 Å². The molecule has 0 saturated heterocycles. The molecule has 4 N–H and O–H groups in total. The molecule has 0 radical (unpaired) electrons. The summed E-state index contributed by atoms with van der Waals surface area (Å²) >= 11 is 0. The van der Waals surface area contributed by atoms with E-state index in [-0.39, 0.29) is 35.8 Å². The Morgan fingerprint density at radius 3 is 2.17 bits per heavy atom. The quantitative estimate of drug-likeness (QED) is 0.167. The zero-order valence-electron chi connectivity index (χ0n) is 15.4. The van der Waals surface area contributed by atoms with Crippen LogP contribution in [-0.4, -0.2) is 48.8 Å². The van der Waals surface area contributed by atoms with Crippen LogP contribution in [0.3, 0.4) is 0 Å². The van der Waals surface area contributed by atoms with Gasteiger partial charge in [-0.1, -0.05) is 26.7 Å². The first kappa shape index (κ1) is 23.4. The molecule has 6 nitrogen and oxygen atoms in total. The molecule has 0 aromatic carbocycles. The van der Waals surface area contributed by atoms with Crippen molar-refractivity contribution >= 4 is 35.8 Å². The van der Waals surface area contributed by atoms with Crippen LogP contribution in [-0.2, 0) is 4.79 Å². The minimum atomic E-state index is -0.716. The van der Waals surface area contributed by atoms with E-state index in [9.17, 15) is 9.90 Å². The molecule has 1 aliphatic carbocycles.